The largest absolute Gasteiger partial charge is 0.463 e. The second kappa shape index (κ2) is 44.6. The van der Waals surface area contributed by atoms with E-state index in [1.807, 2.05) is 0 Å². The normalized spacial score (nSPS) is 12.0. The molecule has 68 heavy (non-hydrogen) atoms. The second-order valence-corrected chi connectivity index (χ2v) is 22.2. The summed E-state index contributed by atoms with van der Waals surface area (Å²) in [5.74, 6) is -0.133. The molecule has 2 aromatic rings. The van der Waals surface area contributed by atoms with Crippen molar-refractivity contribution in [2.75, 3.05) is 145 Å². The van der Waals surface area contributed by atoms with E-state index in [1.54, 1.807) is 0 Å². The fourth-order valence-corrected chi connectivity index (χ4v) is 12.2. The molecule has 0 saturated heterocycles. The minimum atomic E-state index is -2.55. The van der Waals surface area contributed by atoms with Crippen LogP contribution in [0.15, 0.2) is 60.7 Å². The number of carbonyl (C=O) groups excluding carboxylic acids is 1. The summed E-state index contributed by atoms with van der Waals surface area (Å²) < 4.78 is 68.0. The molecule has 0 aromatic heterocycles. The zero-order valence-electron chi connectivity index (χ0n) is 43.0. The standard InChI is InChI=1S/C54H94O13Si/c1-5-6-7-8-9-10-11-12-13-14-15-16-23-28-53(55)66-49-47-64-45-43-62-41-39-60-37-35-58-33-31-56-29-30-57-32-34-59-36-38-61-40-42-63-44-46-65-48-50-67-68(54(2,3)4,51-24-19-17-20-25-51)52-26-21-18-22-27-52/h17-22,24-27H,5-16,23,28-50H2,1-4H3. The Balaban J connectivity index is 1.22. The van der Waals surface area contributed by atoms with E-state index in [0.717, 1.165) is 12.8 Å². The Bertz CT molecular complexity index is 1330. The predicted octanol–water partition coefficient (Wildman–Crippen LogP) is 8.75. The molecule has 0 fully saturated rings. The molecule has 392 valence electrons. The minimum Gasteiger partial charge on any atom is -0.463 e. The van der Waals surface area contributed by atoms with E-state index < -0.39 is 8.32 Å². The first-order valence-corrected chi connectivity index (χ1v) is 28.0. The Hall–Kier alpha value is -2.31. The molecule has 13 nitrogen and oxygen atoms in total. The molecule has 2 aromatic carbocycles. The van der Waals surface area contributed by atoms with Gasteiger partial charge in [0.2, 0.25) is 0 Å². The summed E-state index contributed by atoms with van der Waals surface area (Å²) in [7, 11) is -2.55. The van der Waals surface area contributed by atoms with Crippen LogP contribution in [0.1, 0.15) is 118 Å². The Labute approximate surface area is 413 Å². The van der Waals surface area contributed by atoms with Crippen LogP contribution in [0.25, 0.3) is 0 Å². The highest BCUT2D eigenvalue weighted by atomic mass is 28.4. The van der Waals surface area contributed by atoms with Gasteiger partial charge in [0, 0.05) is 6.42 Å². The molecule has 0 heterocycles. The smallest absolute Gasteiger partial charge is 0.305 e. The van der Waals surface area contributed by atoms with Crippen molar-refractivity contribution in [1.82, 2.24) is 0 Å². The molecule has 0 spiro atoms. The van der Waals surface area contributed by atoms with Crippen LogP contribution in [-0.2, 0) is 61.3 Å². The summed E-state index contributed by atoms with van der Waals surface area (Å²) in [6.45, 7) is 19.6. The number of hydrogen-bond donors (Lipinski definition) is 0. The minimum absolute atomic E-state index is 0.0614. The molecule has 0 saturated carbocycles. The number of unbranched alkanes of at least 4 members (excludes halogenated alkanes) is 12. The summed E-state index contributed by atoms with van der Waals surface area (Å²) in [5.41, 5.74) is 0. The lowest BCUT2D eigenvalue weighted by atomic mass is 10.0. The van der Waals surface area contributed by atoms with Gasteiger partial charge in [0.05, 0.1) is 139 Å². The maximum Gasteiger partial charge on any atom is 0.305 e. The number of ether oxygens (including phenoxy) is 11. The maximum absolute atomic E-state index is 11.9. The molecular weight excluding hydrogens is 885 g/mol. The topological polar surface area (TPSA) is 128 Å². The zero-order valence-corrected chi connectivity index (χ0v) is 44.0. The van der Waals surface area contributed by atoms with E-state index in [4.69, 9.17) is 56.5 Å². The third-order valence-electron chi connectivity index (χ3n) is 11.3. The van der Waals surface area contributed by atoms with Gasteiger partial charge in [0.25, 0.3) is 8.32 Å². The molecule has 2 rings (SSSR count). The molecule has 0 atom stereocenters. The predicted molar refractivity (Wildman–Crippen MR) is 273 cm³/mol. The molecule has 0 aliphatic heterocycles. The Morgan fingerprint density at radius 3 is 0.926 bits per heavy atom. The SMILES string of the molecule is CCCCCCCCCCCCCCCC(=O)OCCOCCOCCOCCOCCOCCOCCOCCOCCOCCOCCO[Si](c1ccccc1)(c1ccccc1)C(C)(C)C. The third-order valence-corrected chi connectivity index (χ3v) is 16.3. The zero-order chi connectivity index (χ0) is 48.7. The molecule has 0 bridgehead atoms. The monoisotopic (exact) mass is 979 g/mol. The lowest BCUT2D eigenvalue weighted by Gasteiger charge is -2.43. The molecule has 0 aliphatic rings. The van der Waals surface area contributed by atoms with Crippen LogP contribution in [0.3, 0.4) is 0 Å². The van der Waals surface area contributed by atoms with Crippen molar-refractivity contribution in [3.63, 3.8) is 0 Å². The fourth-order valence-electron chi connectivity index (χ4n) is 7.67. The van der Waals surface area contributed by atoms with E-state index in [0.29, 0.717) is 145 Å². The first-order valence-electron chi connectivity index (χ1n) is 26.1. The number of benzene rings is 2. The Morgan fingerprint density at radius 2 is 0.632 bits per heavy atom. The number of carbonyl (C=O) groups is 1. The van der Waals surface area contributed by atoms with Gasteiger partial charge in [-0.25, -0.2) is 0 Å². The summed E-state index contributed by atoms with van der Waals surface area (Å²) in [4.78, 5) is 11.9. The summed E-state index contributed by atoms with van der Waals surface area (Å²) in [5, 5.41) is 2.47. The summed E-state index contributed by atoms with van der Waals surface area (Å²) in [6, 6.07) is 21.3. The third kappa shape index (κ3) is 32.5. The first kappa shape index (κ1) is 61.8. The fraction of sp³-hybridized carbons (Fsp3) is 0.759. The highest BCUT2D eigenvalue weighted by Gasteiger charge is 2.50. The van der Waals surface area contributed by atoms with E-state index >= 15 is 0 Å². The van der Waals surface area contributed by atoms with E-state index in [1.165, 1.54) is 81.0 Å². The van der Waals surface area contributed by atoms with E-state index in [2.05, 4.69) is 88.4 Å². The van der Waals surface area contributed by atoms with Gasteiger partial charge < -0.3 is 56.5 Å². The number of esters is 1. The quantitative estimate of drug-likeness (QED) is 0.0357. The highest BCUT2D eigenvalue weighted by Crippen LogP contribution is 2.36. The van der Waals surface area contributed by atoms with Crippen LogP contribution in [0.5, 0.6) is 0 Å². The van der Waals surface area contributed by atoms with Crippen molar-refractivity contribution in [2.24, 2.45) is 0 Å². The van der Waals surface area contributed by atoms with Crippen molar-refractivity contribution in [2.45, 2.75) is 123 Å². The molecular formula is C54H94O13Si. The van der Waals surface area contributed by atoms with Crippen LogP contribution in [-0.4, -0.2) is 160 Å². The van der Waals surface area contributed by atoms with Gasteiger partial charge in [-0.3, -0.25) is 4.79 Å². The Kier molecular flexibility index (Phi) is 40.6. The molecule has 0 aliphatic carbocycles. The van der Waals surface area contributed by atoms with Gasteiger partial charge in [0.1, 0.15) is 6.61 Å². The number of hydrogen-bond acceptors (Lipinski definition) is 13. The Morgan fingerprint density at radius 1 is 0.368 bits per heavy atom. The van der Waals surface area contributed by atoms with Crippen LogP contribution in [0.4, 0.5) is 0 Å². The lowest BCUT2D eigenvalue weighted by molar-refractivity contribution is -0.145. The van der Waals surface area contributed by atoms with E-state index in [-0.39, 0.29) is 17.6 Å². The van der Waals surface area contributed by atoms with Crippen molar-refractivity contribution in [3.8, 4) is 0 Å². The van der Waals surface area contributed by atoms with Crippen molar-refractivity contribution in [3.05, 3.63) is 60.7 Å². The van der Waals surface area contributed by atoms with Crippen molar-refractivity contribution < 1.29 is 61.3 Å². The van der Waals surface area contributed by atoms with Crippen LogP contribution < -0.4 is 10.4 Å². The van der Waals surface area contributed by atoms with Gasteiger partial charge in [-0.15, -0.1) is 0 Å². The molecule has 0 amide bonds. The highest BCUT2D eigenvalue weighted by molar-refractivity contribution is 6.99. The van der Waals surface area contributed by atoms with Crippen LogP contribution in [0, 0.1) is 0 Å². The summed E-state index contributed by atoms with van der Waals surface area (Å²) >= 11 is 0. The van der Waals surface area contributed by atoms with Crippen molar-refractivity contribution >= 4 is 24.7 Å². The maximum atomic E-state index is 11.9. The van der Waals surface area contributed by atoms with Gasteiger partial charge in [-0.1, -0.05) is 165 Å². The van der Waals surface area contributed by atoms with Crippen molar-refractivity contribution in [1.29, 1.82) is 0 Å². The number of rotatable bonds is 50. The molecule has 0 unspecified atom stereocenters. The van der Waals surface area contributed by atoms with Crippen LogP contribution >= 0.6 is 0 Å². The first-order chi connectivity index (χ1) is 33.4. The lowest BCUT2D eigenvalue weighted by Crippen LogP contribution is -2.66. The molecule has 0 radical (unpaired) electrons. The average molecular weight is 979 g/mol. The summed E-state index contributed by atoms with van der Waals surface area (Å²) in [6.07, 6.45) is 17.3. The van der Waals surface area contributed by atoms with Crippen LogP contribution in [0.2, 0.25) is 5.04 Å². The van der Waals surface area contributed by atoms with E-state index in [9.17, 15) is 4.79 Å². The average Bonchev–Trinajstić information content (AvgIpc) is 3.34. The van der Waals surface area contributed by atoms with Gasteiger partial charge in [0.15, 0.2) is 0 Å². The second-order valence-electron chi connectivity index (χ2n) is 17.8. The van der Waals surface area contributed by atoms with Gasteiger partial charge in [-0.2, -0.15) is 0 Å². The molecule has 14 heteroatoms. The van der Waals surface area contributed by atoms with Gasteiger partial charge in [-0.05, 0) is 21.8 Å². The molecule has 0 N–H and O–H groups in total. The van der Waals surface area contributed by atoms with Gasteiger partial charge >= 0.3 is 5.97 Å².